The van der Waals surface area contributed by atoms with E-state index in [9.17, 15) is 14.4 Å². The Morgan fingerprint density at radius 2 is 1.91 bits per heavy atom. The van der Waals surface area contributed by atoms with Crippen molar-refractivity contribution in [3.8, 4) is 0 Å². The number of carbonyl (C=O) groups is 3. The zero-order valence-corrected chi connectivity index (χ0v) is 19.1. The van der Waals surface area contributed by atoms with Gasteiger partial charge in [0.15, 0.2) is 0 Å². The smallest absolute Gasteiger partial charge is 0.250 e. The summed E-state index contributed by atoms with van der Waals surface area (Å²) in [6.07, 6.45) is 2.46. The number of aryl methyl sites for hydroxylation is 1. The van der Waals surface area contributed by atoms with Crippen LogP contribution < -0.4 is 10.6 Å². The number of benzene rings is 2. The minimum atomic E-state index is -1.28. The lowest BCUT2D eigenvalue weighted by atomic mass is 9.76. The summed E-state index contributed by atoms with van der Waals surface area (Å²) in [5, 5.41) is 7.55. The molecule has 6 rings (SSSR count). The van der Waals surface area contributed by atoms with Crippen molar-refractivity contribution in [3.05, 3.63) is 65.4 Å². The van der Waals surface area contributed by atoms with E-state index in [1.807, 2.05) is 55.6 Å². The molecule has 0 saturated carbocycles. The van der Waals surface area contributed by atoms with Crippen LogP contribution in [0.5, 0.6) is 0 Å². The van der Waals surface area contributed by atoms with Gasteiger partial charge in [-0.2, -0.15) is 0 Å². The number of amides is 3. The standard InChI is InChI=1S/C26H26N4O4/c1-14-7-8-19-17(11-14)26(25(33)28-19)22-21(23(31)30(24(22)32)9-10-34-2)20(29-26)12-15-13-27-18-6-4-3-5-16(15)18/h3-8,11,13,20-22,27,29H,9-10,12H2,1-2H3,(H,28,33)/t20-,21+,22-,26-/m0/s1. The zero-order chi connectivity index (χ0) is 23.6. The lowest BCUT2D eigenvalue weighted by molar-refractivity contribution is -0.143. The molecule has 8 nitrogen and oxygen atoms in total. The van der Waals surface area contributed by atoms with Crippen LogP contribution in [0, 0.1) is 18.8 Å². The van der Waals surface area contributed by atoms with E-state index in [2.05, 4.69) is 15.6 Å². The number of imide groups is 1. The van der Waals surface area contributed by atoms with Gasteiger partial charge in [-0.3, -0.25) is 24.6 Å². The number of anilines is 1. The second-order valence-electron chi connectivity index (χ2n) is 9.45. The number of hydrogen-bond donors (Lipinski definition) is 3. The molecule has 2 saturated heterocycles. The maximum absolute atomic E-state index is 13.7. The van der Waals surface area contributed by atoms with Crippen LogP contribution in [0.1, 0.15) is 16.7 Å². The number of carbonyl (C=O) groups excluding carboxylic acids is 3. The number of H-pyrrole nitrogens is 1. The van der Waals surface area contributed by atoms with Crippen molar-refractivity contribution in [1.29, 1.82) is 0 Å². The Morgan fingerprint density at radius 1 is 1.09 bits per heavy atom. The summed E-state index contributed by atoms with van der Waals surface area (Å²) in [7, 11) is 1.54. The highest BCUT2D eigenvalue weighted by atomic mass is 16.5. The summed E-state index contributed by atoms with van der Waals surface area (Å²) in [6.45, 7) is 2.39. The predicted molar refractivity (Wildman–Crippen MR) is 126 cm³/mol. The number of nitrogens with zero attached hydrogens (tertiary/aromatic N) is 1. The van der Waals surface area contributed by atoms with E-state index in [4.69, 9.17) is 4.74 Å². The van der Waals surface area contributed by atoms with Gasteiger partial charge >= 0.3 is 0 Å². The molecule has 1 aromatic heterocycles. The number of methoxy groups -OCH3 is 1. The van der Waals surface area contributed by atoms with E-state index in [0.717, 1.165) is 27.6 Å². The van der Waals surface area contributed by atoms with Crippen LogP contribution in [-0.4, -0.2) is 53.9 Å². The Morgan fingerprint density at radius 3 is 2.74 bits per heavy atom. The molecule has 8 heteroatoms. The van der Waals surface area contributed by atoms with Crippen LogP contribution in [0.15, 0.2) is 48.7 Å². The average Bonchev–Trinajstić information content (AvgIpc) is 3.53. The summed E-state index contributed by atoms with van der Waals surface area (Å²) < 4.78 is 5.15. The topological polar surface area (TPSA) is 104 Å². The molecule has 0 bridgehead atoms. The average molecular weight is 459 g/mol. The van der Waals surface area contributed by atoms with Crippen molar-refractivity contribution in [3.63, 3.8) is 0 Å². The van der Waals surface area contributed by atoms with Crippen molar-refractivity contribution in [2.45, 2.75) is 24.9 Å². The molecule has 1 spiro atoms. The van der Waals surface area contributed by atoms with Crippen molar-refractivity contribution in [2.75, 3.05) is 25.6 Å². The first-order chi connectivity index (χ1) is 16.5. The lowest BCUT2D eigenvalue weighted by Gasteiger charge is -2.29. The summed E-state index contributed by atoms with van der Waals surface area (Å²) in [5.74, 6) is -2.29. The van der Waals surface area contributed by atoms with Crippen molar-refractivity contribution < 1.29 is 19.1 Å². The number of nitrogens with one attached hydrogen (secondary N) is 3. The molecule has 0 unspecified atom stereocenters. The summed E-state index contributed by atoms with van der Waals surface area (Å²) in [5.41, 5.74) is 3.19. The minimum Gasteiger partial charge on any atom is -0.383 e. The van der Waals surface area contributed by atoms with Gasteiger partial charge in [-0.15, -0.1) is 0 Å². The Bertz CT molecular complexity index is 1350. The molecule has 0 radical (unpaired) electrons. The van der Waals surface area contributed by atoms with Gasteiger partial charge in [0.2, 0.25) is 17.7 Å². The van der Waals surface area contributed by atoms with Gasteiger partial charge in [-0.05, 0) is 31.0 Å². The van der Waals surface area contributed by atoms with Crippen molar-refractivity contribution >= 4 is 34.3 Å². The molecule has 0 aliphatic carbocycles. The summed E-state index contributed by atoms with van der Waals surface area (Å²) in [6, 6.07) is 13.3. The van der Waals surface area contributed by atoms with Crippen molar-refractivity contribution in [2.24, 2.45) is 11.8 Å². The third-order valence-corrected chi connectivity index (χ3v) is 7.60. The Kier molecular flexibility index (Phi) is 4.65. The third kappa shape index (κ3) is 2.75. The summed E-state index contributed by atoms with van der Waals surface area (Å²) in [4.78, 5) is 45.4. The molecule has 4 atom stereocenters. The molecule has 3 amide bonds. The molecule has 3 aliphatic heterocycles. The molecule has 3 N–H and O–H groups in total. The number of fused-ring (bicyclic) bond motifs is 5. The normalized spacial score (nSPS) is 27.6. The first kappa shape index (κ1) is 21.1. The number of rotatable bonds is 5. The van der Waals surface area contributed by atoms with E-state index in [0.29, 0.717) is 12.1 Å². The zero-order valence-electron chi connectivity index (χ0n) is 19.1. The van der Waals surface area contributed by atoms with Gasteiger partial charge in [0, 0.05) is 41.5 Å². The summed E-state index contributed by atoms with van der Waals surface area (Å²) >= 11 is 0. The monoisotopic (exact) mass is 458 g/mol. The van der Waals surface area contributed by atoms with Gasteiger partial charge < -0.3 is 15.0 Å². The minimum absolute atomic E-state index is 0.180. The molecule has 3 aromatic rings. The van der Waals surface area contributed by atoms with E-state index in [-0.39, 0.29) is 36.9 Å². The number of para-hydroxylation sites is 1. The van der Waals surface area contributed by atoms with Crippen LogP contribution in [0.3, 0.4) is 0 Å². The fourth-order valence-corrected chi connectivity index (χ4v) is 6.09. The molecule has 4 heterocycles. The molecule has 174 valence electrons. The van der Waals surface area contributed by atoms with Crippen molar-refractivity contribution in [1.82, 2.24) is 15.2 Å². The number of hydrogen-bond acceptors (Lipinski definition) is 5. The van der Waals surface area contributed by atoms with E-state index in [1.165, 1.54) is 12.0 Å². The van der Waals surface area contributed by atoms with Gasteiger partial charge in [0.1, 0.15) is 5.54 Å². The number of likely N-dealkylation sites (tertiary alicyclic amines) is 1. The van der Waals surface area contributed by atoms with Crippen LogP contribution in [0.4, 0.5) is 5.69 Å². The largest absolute Gasteiger partial charge is 0.383 e. The first-order valence-corrected chi connectivity index (χ1v) is 11.5. The highest BCUT2D eigenvalue weighted by Gasteiger charge is 2.70. The van der Waals surface area contributed by atoms with Gasteiger partial charge in [-0.1, -0.05) is 35.9 Å². The van der Waals surface area contributed by atoms with Gasteiger partial charge in [0.25, 0.3) is 0 Å². The molecule has 34 heavy (non-hydrogen) atoms. The van der Waals surface area contributed by atoms with Gasteiger partial charge in [-0.25, -0.2) is 0 Å². The molecular weight excluding hydrogens is 432 g/mol. The van der Waals surface area contributed by atoms with E-state index >= 15 is 0 Å². The molecular formula is C26H26N4O4. The van der Waals surface area contributed by atoms with E-state index in [1.54, 1.807) is 0 Å². The lowest BCUT2D eigenvalue weighted by Crippen LogP contribution is -2.53. The molecule has 2 aromatic carbocycles. The fourth-order valence-electron chi connectivity index (χ4n) is 6.09. The first-order valence-electron chi connectivity index (χ1n) is 11.5. The Balaban J connectivity index is 1.47. The van der Waals surface area contributed by atoms with Crippen LogP contribution >= 0.6 is 0 Å². The number of aromatic amines is 1. The highest BCUT2D eigenvalue weighted by Crippen LogP contribution is 2.53. The quantitative estimate of drug-likeness (QED) is 0.508. The van der Waals surface area contributed by atoms with E-state index < -0.39 is 17.4 Å². The van der Waals surface area contributed by atoms with Crippen LogP contribution in [0.25, 0.3) is 10.9 Å². The maximum atomic E-state index is 13.7. The molecule has 2 fully saturated rings. The second-order valence-corrected chi connectivity index (χ2v) is 9.45. The predicted octanol–water partition coefficient (Wildman–Crippen LogP) is 2.09. The number of aromatic nitrogens is 1. The second kappa shape index (κ2) is 7.51. The SMILES string of the molecule is COCCN1C(=O)[C@@H]2[C@H](Cc3c[nH]c4ccccc34)N[C@]3(C(=O)Nc4ccc(C)cc43)[C@@H]2C1=O. The Hall–Kier alpha value is -3.49. The fraction of sp³-hybridized carbons (Fsp3) is 0.346. The van der Waals surface area contributed by atoms with Crippen LogP contribution in [-0.2, 0) is 31.1 Å². The number of ether oxygens (including phenoxy) is 1. The Labute approximate surface area is 196 Å². The van der Waals surface area contributed by atoms with Gasteiger partial charge in [0.05, 0.1) is 25.0 Å². The highest BCUT2D eigenvalue weighted by molar-refractivity contribution is 6.15. The molecule has 3 aliphatic rings. The van der Waals surface area contributed by atoms with Crippen LogP contribution in [0.2, 0.25) is 0 Å². The third-order valence-electron chi connectivity index (χ3n) is 7.60. The maximum Gasteiger partial charge on any atom is 0.250 e.